The van der Waals surface area contributed by atoms with Gasteiger partial charge < -0.3 is 14.4 Å². The van der Waals surface area contributed by atoms with Crippen molar-refractivity contribution >= 4 is 5.91 Å². The zero-order valence-corrected chi connectivity index (χ0v) is 15.7. The van der Waals surface area contributed by atoms with Gasteiger partial charge in [-0.1, -0.05) is 23.8 Å². The van der Waals surface area contributed by atoms with Gasteiger partial charge in [-0.05, 0) is 36.8 Å². The first kappa shape index (κ1) is 18.3. The highest BCUT2D eigenvalue weighted by atomic mass is 16.5. The van der Waals surface area contributed by atoms with Crippen LogP contribution in [0.3, 0.4) is 0 Å². The van der Waals surface area contributed by atoms with Crippen LogP contribution in [0.1, 0.15) is 21.5 Å². The van der Waals surface area contributed by atoms with E-state index in [9.17, 15) is 4.79 Å². The second kappa shape index (κ2) is 8.23. The van der Waals surface area contributed by atoms with Crippen LogP contribution in [-0.2, 0) is 6.54 Å². The predicted molar refractivity (Wildman–Crippen MR) is 102 cm³/mol. The molecule has 0 aliphatic carbocycles. The summed E-state index contributed by atoms with van der Waals surface area (Å²) in [7, 11) is 3.29. The largest absolute Gasteiger partial charge is 0.493 e. The third-order valence-electron chi connectivity index (χ3n) is 4.81. The van der Waals surface area contributed by atoms with E-state index in [1.165, 1.54) is 11.1 Å². The van der Waals surface area contributed by atoms with E-state index in [1.807, 2.05) is 48.2 Å². The van der Waals surface area contributed by atoms with Gasteiger partial charge in [0.2, 0.25) is 0 Å². The van der Waals surface area contributed by atoms with Gasteiger partial charge in [-0.25, -0.2) is 0 Å². The van der Waals surface area contributed by atoms with Gasteiger partial charge in [-0.15, -0.1) is 0 Å². The summed E-state index contributed by atoms with van der Waals surface area (Å²) in [6, 6.07) is 13.8. The molecule has 5 heteroatoms. The lowest BCUT2D eigenvalue weighted by atomic mass is 10.1. The van der Waals surface area contributed by atoms with E-state index in [0.29, 0.717) is 0 Å². The molecule has 138 valence electrons. The van der Waals surface area contributed by atoms with Crippen molar-refractivity contribution in [2.75, 3.05) is 40.4 Å². The molecule has 1 aliphatic rings. The Morgan fingerprint density at radius 1 is 0.923 bits per heavy atom. The molecule has 5 nitrogen and oxygen atoms in total. The third kappa shape index (κ3) is 4.17. The Morgan fingerprint density at radius 3 is 2.19 bits per heavy atom. The van der Waals surface area contributed by atoms with Crippen LogP contribution >= 0.6 is 0 Å². The molecule has 3 rings (SSSR count). The summed E-state index contributed by atoms with van der Waals surface area (Å²) >= 11 is 0. The molecule has 0 spiro atoms. The maximum absolute atomic E-state index is 12.6. The number of nitrogens with zero attached hydrogens (tertiary/aromatic N) is 2. The lowest BCUT2D eigenvalue weighted by Crippen LogP contribution is -2.48. The summed E-state index contributed by atoms with van der Waals surface area (Å²) in [6.45, 7) is 6.10. The van der Waals surface area contributed by atoms with Gasteiger partial charge in [0.1, 0.15) is 0 Å². The fourth-order valence-electron chi connectivity index (χ4n) is 3.22. The maximum Gasteiger partial charge on any atom is 0.253 e. The van der Waals surface area contributed by atoms with Crippen LogP contribution in [-0.4, -0.2) is 56.1 Å². The van der Waals surface area contributed by atoms with E-state index >= 15 is 0 Å². The highest BCUT2D eigenvalue weighted by Gasteiger charge is 2.22. The van der Waals surface area contributed by atoms with Crippen LogP contribution in [0, 0.1) is 6.92 Å². The summed E-state index contributed by atoms with van der Waals surface area (Å²) in [5, 5.41) is 0. The van der Waals surface area contributed by atoms with Crippen LogP contribution < -0.4 is 9.47 Å². The minimum atomic E-state index is 0.121. The van der Waals surface area contributed by atoms with Gasteiger partial charge in [0.05, 0.1) is 14.2 Å². The van der Waals surface area contributed by atoms with Gasteiger partial charge in [-0.3, -0.25) is 9.69 Å². The second-order valence-corrected chi connectivity index (χ2v) is 6.62. The first-order valence-electron chi connectivity index (χ1n) is 8.90. The molecule has 1 aliphatic heterocycles. The fraction of sp³-hybridized carbons (Fsp3) is 0.381. The Balaban J connectivity index is 1.57. The van der Waals surface area contributed by atoms with Crippen LogP contribution in [0.2, 0.25) is 0 Å². The molecule has 1 heterocycles. The van der Waals surface area contributed by atoms with Crippen LogP contribution in [0.5, 0.6) is 11.5 Å². The molecule has 0 N–H and O–H groups in total. The average Bonchev–Trinajstić information content (AvgIpc) is 2.68. The van der Waals surface area contributed by atoms with Gasteiger partial charge in [0, 0.05) is 38.3 Å². The number of methoxy groups -OCH3 is 2. The van der Waals surface area contributed by atoms with E-state index in [0.717, 1.165) is 49.8 Å². The minimum Gasteiger partial charge on any atom is -0.493 e. The van der Waals surface area contributed by atoms with Crippen molar-refractivity contribution in [3.05, 3.63) is 59.2 Å². The van der Waals surface area contributed by atoms with Crippen molar-refractivity contribution in [1.29, 1.82) is 0 Å². The van der Waals surface area contributed by atoms with E-state index in [-0.39, 0.29) is 5.91 Å². The zero-order valence-electron chi connectivity index (χ0n) is 15.7. The van der Waals surface area contributed by atoms with Crippen LogP contribution in [0.25, 0.3) is 0 Å². The highest BCUT2D eigenvalue weighted by Crippen LogP contribution is 2.28. The molecule has 0 atom stereocenters. The Bertz CT molecular complexity index is 750. The number of rotatable bonds is 5. The summed E-state index contributed by atoms with van der Waals surface area (Å²) in [6.07, 6.45) is 0. The Morgan fingerprint density at radius 2 is 1.58 bits per heavy atom. The molecule has 26 heavy (non-hydrogen) atoms. The Kier molecular flexibility index (Phi) is 5.78. The molecular formula is C21H26N2O3. The highest BCUT2D eigenvalue weighted by molar-refractivity contribution is 5.94. The molecule has 0 radical (unpaired) electrons. The normalized spacial score (nSPS) is 15.0. The fourth-order valence-corrected chi connectivity index (χ4v) is 3.22. The number of piperazine rings is 1. The number of carbonyl (C=O) groups excluding carboxylic acids is 1. The molecule has 0 aromatic heterocycles. The quantitative estimate of drug-likeness (QED) is 0.828. The summed E-state index contributed by atoms with van der Waals surface area (Å²) in [4.78, 5) is 16.9. The molecular weight excluding hydrogens is 328 g/mol. The minimum absolute atomic E-state index is 0.121. The molecule has 1 amide bonds. The maximum atomic E-state index is 12.6. The number of hydrogen-bond acceptors (Lipinski definition) is 4. The SMILES string of the molecule is COc1ccc(CN2CCN(C(=O)c3ccc(C)cc3)CC2)cc1OC. The first-order chi connectivity index (χ1) is 12.6. The first-order valence-corrected chi connectivity index (χ1v) is 8.90. The van der Waals surface area contributed by atoms with Gasteiger partial charge in [-0.2, -0.15) is 0 Å². The van der Waals surface area contributed by atoms with Crippen molar-refractivity contribution in [3.8, 4) is 11.5 Å². The monoisotopic (exact) mass is 354 g/mol. The molecule has 0 unspecified atom stereocenters. The topological polar surface area (TPSA) is 42.0 Å². The molecule has 0 saturated carbocycles. The van der Waals surface area contributed by atoms with E-state index < -0.39 is 0 Å². The van der Waals surface area contributed by atoms with Crippen molar-refractivity contribution in [2.24, 2.45) is 0 Å². The number of amides is 1. The standard InChI is InChI=1S/C21H26N2O3/c1-16-4-7-18(8-5-16)21(24)23-12-10-22(11-13-23)15-17-6-9-19(25-2)20(14-17)26-3/h4-9,14H,10-13,15H2,1-3H3. The molecule has 0 bridgehead atoms. The molecule has 1 fully saturated rings. The zero-order chi connectivity index (χ0) is 18.5. The number of hydrogen-bond donors (Lipinski definition) is 0. The summed E-state index contributed by atoms with van der Waals surface area (Å²) in [5.41, 5.74) is 3.12. The van der Waals surface area contributed by atoms with Gasteiger partial charge >= 0.3 is 0 Å². The van der Waals surface area contributed by atoms with Crippen LogP contribution in [0.15, 0.2) is 42.5 Å². The molecule has 1 saturated heterocycles. The third-order valence-corrected chi connectivity index (χ3v) is 4.81. The van der Waals surface area contributed by atoms with Crippen molar-refractivity contribution in [1.82, 2.24) is 9.80 Å². The van der Waals surface area contributed by atoms with Crippen molar-refractivity contribution < 1.29 is 14.3 Å². The lowest BCUT2D eigenvalue weighted by molar-refractivity contribution is 0.0628. The lowest BCUT2D eigenvalue weighted by Gasteiger charge is -2.35. The second-order valence-electron chi connectivity index (χ2n) is 6.62. The van der Waals surface area contributed by atoms with E-state index in [1.54, 1.807) is 14.2 Å². The average molecular weight is 354 g/mol. The number of benzene rings is 2. The van der Waals surface area contributed by atoms with Gasteiger partial charge in [0.25, 0.3) is 5.91 Å². The predicted octanol–water partition coefficient (Wildman–Crippen LogP) is 2.97. The Labute approximate surface area is 155 Å². The molecule has 2 aromatic rings. The number of ether oxygens (including phenoxy) is 2. The number of carbonyl (C=O) groups is 1. The van der Waals surface area contributed by atoms with E-state index in [2.05, 4.69) is 11.0 Å². The summed E-state index contributed by atoms with van der Waals surface area (Å²) < 4.78 is 10.7. The van der Waals surface area contributed by atoms with Crippen molar-refractivity contribution in [3.63, 3.8) is 0 Å². The van der Waals surface area contributed by atoms with Crippen molar-refractivity contribution in [2.45, 2.75) is 13.5 Å². The van der Waals surface area contributed by atoms with Gasteiger partial charge in [0.15, 0.2) is 11.5 Å². The van der Waals surface area contributed by atoms with Crippen LogP contribution in [0.4, 0.5) is 0 Å². The van der Waals surface area contributed by atoms with E-state index in [4.69, 9.17) is 9.47 Å². The number of aryl methyl sites for hydroxylation is 1. The molecule has 2 aromatic carbocycles. The summed E-state index contributed by atoms with van der Waals surface area (Å²) in [5.74, 6) is 1.61. The Hall–Kier alpha value is -2.53. The smallest absolute Gasteiger partial charge is 0.253 e.